The molecule has 2 N–H and O–H groups in total. The third-order valence-corrected chi connectivity index (χ3v) is 1.29. The third kappa shape index (κ3) is 2.90. The van der Waals surface area contributed by atoms with E-state index in [0.29, 0.717) is 17.1 Å². The highest BCUT2D eigenvalue weighted by Gasteiger charge is 2.06. The molecule has 0 spiro atoms. The second-order valence-corrected chi connectivity index (χ2v) is 2.01. The summed E-state index contributed by atoms with van der Waals surface area (Å²) in [5.41, 5.74) is 6.11. The molecule has 1 rings (SSSR count). The van der Waals surface area contributed by atoms with Crippen LogP contribution in [0.4, 0.5) is 5.82 Å². The molecule has 0 atom stereocenters. The summed E-state index contributed by atoms with van der Waals surface area (Å²) in [5, 5.41) is 3.55. The largest absolute Gasteiger partial charge is 0.380 e. The summed E-state index contributed by atoms with van der Waals surface area (Å²) in [5.74, 6) is 0.804. The molecule has 0 unspecified atom stereocenters. The summed E-state index contributed by atoms with van der Waals surface area (Å²) < 4.78 is 4.85. The van der Waals surface area contributed by atoms with Crippen LogP contribution in [0, 0.1) is 0 Å². The second kappa shape index (κ2) is 6.65. The fourth-order valence-corrected chi connectivity index (χ4v) is 0.742. The normalized spacial score (nSPS) is 9.29. The van der Waals surface area contributed by atoms with Crippen LogP contribution in [0.15, 0.2) is 28.9 Å². The summed E-state index contributed by atoms with van der Waals surface area (Å²) in [4.78, 5) is 3.77. The van der Waals surface area contributed by atoms with Gasteiger partial charge >= 0.3 is 0 Å². The molecule has 1 aromatic rings. The lowest BCUT2D eigenvalue weighted by Crippen LogP contribution is -1.87. The Labute approximate surface area is 83.8 Å². The fraction of sp³-hybridized carbons (Fsp3) is 0.200. The van der Waals surface area contributed by atoms with Crippen molar-refractivity contribution >= 4 is 18.1 Å². The maximum atomic E-state index is 5.46. The minimum absolute atomic E-state index is 0.315. The standard InChI is InChI=1S/C8H9N3O.C2H6/c1-3-6-7(5-10-4-2)12-11-8(6)9;1-2/h3-5H,1-2H2,(H2,9,11);1-2H3. The van der Waals surface area contributed by atoms with E-state index in [4.69, 9.17) is 10.3 Å². The van der Waals surface area contributed by atoms with E-state index in [1.54, 1.807) is 6.08 Å². The smallest absolute Gasteiger partial charge is 0.187 e. The predicted octanol–water partition coefficient (Wildman–Crippen LogP) is 2.49. The highest BCUT2D eigenvalue weighted by Crippen LogP contribution is 2.15. The quantitative estimate of drug-likeness (QED) is 0.750. The first-order valence-electron chi connectivity index (χ1n) is 4.31. The van der Waals surface area contributed by atoms with E-state index < -0.39 is 0 Å². The Kier molecular flexibility index (Phi) is 5.78. The molecule has 0 amide bonds. The predicted molar refractivity (Wildman–Crippen MR) is 60.1 cm³/mol. The van der Waals surface area contributed by atoms with Gasteiger partial charge in [-0.3, -0.25) is 4.99 Å². The van der Waals surface area contributed by atoms with Crippen molar-refractivity contribution in [2.24, 2.45) is 4.99 Å². The van der Waals surface area contributed by atoms with Gasteiger partial charge < -0.3 is 10.3 Å². The van der Waals surface area contributed by atoms with E-state index in [9.17, 15) is 0 Å². The first kappa shape index (κ1) is 12.2. The van der Waals surface area contributed by atoms with Gasteiger partial charge in [0.1, 0.15) is 0 Å². The topological polar surface area (TPSA) is 64.4 Å². The van der Waals surface area contributed by atoms with Gasteiger partial charge in [0.25, 0.3) is 0 Å². The molecule has 0 bridgehead atoms. The molecule has 76 valence electrons. The Balaban J connectivity index is 0.000000791. The van der Waals surface area contributed by atoms with E-state index in [1.807, 2.05) is 13.8 Å². The number of hydrogen-bond acceptors (Lipinski definition) is 4. The monoisotopic (exact) mass is 193 g/mol. The van der Waals surface area contributed by atoms with Gasteiger partial charge in [-0.1, -0.05) is 38.2 Å². The van der Waals surface area contributed by atoms with Crippen LogP contribution in [0.2, 0.25) is 0 Å². The van der Waals surface area contributed by atoms with Crippen molar-refractivity contribution in [3.63, 3.8) is 0 Å². The number of aromatic nitrogens is 1. The minimum atomic E-state index is 0.315. The van der Waals surface area contributed by atoms with Crippen molar-refractivity contribution in [3.8, 4) is 0 Å². The summed E-state index contributed by atoms with van der Waals surface area (Å²) in [6, 6.07) is 0. The van der Waals surface area contributed by atoms with Crippen LogP contribution >= 0.6 is 0 Å². The number of nitrogens with two attached hydrogens (primary N) is 1. The lowest BCUT2D eigenvalue weighted by atomic mass is 10.2. The number of nitrogen functional groups attached to an aromatic ring is 1. The molecule has 1 aromatic heterocycles. The van der Waals surface area contributed by atoms with E-state index >= 15 is 0 Å². The zero-order valence-corrected chi connectivity index (χ0v) is 8.53. The second-order valence-electron chi connectivity index (χ2n) is 2.01. The summed E-state index contributed by atoms with van der Waals surface area (Å²) in [7, 11) is 0. The Morgan fingerprint density at radius 1 is 1.43 bits per heavy atom. The molecule has 0 saturated heterocycles. The van der Waals surface area contributed by atoms with E-state index in [1.165, 1.54) is 12.4 Å². The molecule has 4 nitrogen and oxygen atoms in total. The van der Waals surface area contributed by atoms with E-state index in [0.717, 1.165) is 0 Å². The molecule has 4 heteroatoms. The average molecular weight is 193 g/mol. The summed E-state index contributed by atoms with van der Waals surface area (Å²) in [6.45, 7) is 11.0. The maximum Gasteiger partial charge on any atom is 0.187 e. The van der Waals surface area contributed by atoms with Crippen LogP contribution in [-0.2, 0) is 0 Å². The molecule has 0 aromatic carbocycles. The minimum Gasteiger partial charge on any atom is -0.380 e. The number of nitrogens with zero attached hydrogens (tertiary/aromatic N) is 2. The SMILES string of the molecule is C=CN=Cc1onc(N)c1C=C.CC. The fourth-order valence-electron chi connectivity index (χ4n) is 0.742. The number of anilines is 1. The Bertz CT molecular complexity index is 326. The van der Waals surface area contributed by atoms with Crippen molar-refractivity contribution in [1.82, 2.24) is 5.16 Å². The van der Waals surface area contributed by atoms with Crippen molar-refractivity contribution in [2.45, 2.75) is 13.8 Å². The zero-order valence-electron chi connectivity index (χ0n) is 8.53. The van der Waals surface area contributed by atoms with Crippen LogP contribution in [0.5, 0.6) is 0 Å². The first-order valence-corrected chi connectivity index (χ1v) is 4.31. The number of hydrogen-bond donors (Lipinski definition) is 1. The van der Waals surface area contributed by atoms with Gasteiger partial charge in [0, 0.05) is 6.20 Å². The van der Waals surface area contributed by atoms with E-state index in [-0.39, 0.29) is 0 Å². The lowest BCUT2D eigenvalue weighted by Gasteiger charge is -1.85. The van der Waals surface area contributed by atoms with Crippen LogP contribution in [-0.4, -0.2) is 11.4 Å². The van der Waals surface area contributed by atoms with Crippen molar-refractivity contribution in [1.29, 1.82) is 0 Å². The molecule has 0 aliphatic carbocycles. The van der Waals surface area contributed by atoms with Crippen LogP contribution in [0.1, 0.15) is 25.2 Å². The van der Waals surface area contributed by atoms with Gasteiger partial charge in [0.05, 0.1) is 11.8 Å². The summed E-state index contributed by atoms with van der Waals surface area (Å²) in [6.07, 6.45) is 4.44. The average Bonchev–Trinajstić information content (AvgIpc) is 2.59. The summed E-state index contributed by atoms with van der Waals surface area (Å²) >= 11 is 0. The first-order chi connectivity index (χ1) is 6.79. The van der Waals surface area contributed by atoms with Gasteiger partial charge in [-0.2, -0.15) is 0 Å². The van der Waals surface area contributed by atoms with Gasteiger partial charge in [-0.15, -0.1) is 0 Å². The highest BCUT2D eigenvalue weighted by atomic mass is 16.5. The van der Waals surface area contributed by atoms with Crippen molar-refractivity contribution in [2.75, 3.05) is 5.73 Å². The Morgan fingerprint density at radius 2 is 2.07 bits per heavy atom. The van der Waals surface area contributed by atoms with Gasteiger partial charge in [0.15, 0.2) is 11.6 Å². The van der Waals surface area contributed by atoms with Crippen molar-refractivity contribution < 1.29 is 4.52 Å². The van der Waals surface area contributed by atoms with Gasteiger partial charge in [0.2, 0.25) is 0 Å². The van der Waals surface area contributed by atoms with Crippen LogP contribution in [0.3, 0.4) is 0 Å². The van der Waals surface area contributed by atoms with Crippen LogP contribution < -0.4 is 5.73 Å². The molecule has 0 fully saturated rings. The maximum absolute atomic E-state index is 5.46. The van der Waals surface area contributed by atoms with Gasteiger partial charge in [-0.25, -0.2) is 0 Å². The Hall–Kier alpha value is -1.84. The molecule has 14 heavy (non-hydrogen) atoms. The number of aliphatic imine (C=N–C) groups is 1. The lowest BCUT2D eigenvalue weighted by molar-refractivity contribution is 0.418. The molecule has 0 saturated carbocycles. The molecular weight excluding hydrogens is 178 g/mol. The van der Waals surface area contributed by atoms with Gasteiger partial charge in [-0.05, 0) is 0 Å². The molecule has 0 aliphatic rings. The number of rotatable bonds is 3. The zero-order chi connectivity index (χ0) is 11.0. The molecule has 1 heterocycles. The van der Waals surface area contributed by atoms with E-state index in [2.05, 4.69) is 23.3 Å². The highest BCUT2D eigenvalue weighted by molar-refractivity contribution is 5.84. The Morgan fingerprint density at radius 3 is 2.57 bits per heavy atom. The molecular formula is C10H15N3O. The molecule has 0 aliphatic heterocycles. The molecule has 0 radical (unpaired) electrons. The van der Waals surface area contributed by atoms with Crippen LogP contribution in [0.25, 0.3) is 6.08 Å². The third-order valence-electron chi connectivity index (χ3n) is 1.29. The van der Waals surface area contributed by atoms with Crippen molar-refractivity contribution in [3.05, 3.63) is 30.7 Å².